The Morgan fingerprint density at radius 3 is 2.58 bits per heavy atom. The van der Waals surface area contributed by atoms with Crippen LogP contribution >= 0.6 is 0 Å². The van der Waals surface area contributed by atoms with Gasteiger partial charge in [0.05, 0.1) is 6.61 Å². The summed E-state index contributed by atoms with van der Waals surface area (Å²) in [7, 11) is 0. The second kappa shape index (κ2) is 5.77. The van der Waals surface area contributed by atoms with Crippen molar-refractivity contribution in [3.8, 4) is 0 Å². The summed E-state index contributed by atoms with van der Waals surface area (Å²) in [5.41, 5.74) is 6.13. The summed E-state index contributed by atoms with van der Waals surface area (Å²) in [5.74, 6) is -0.390. The van der Waals surface area contributed by atoms with Gasteiger partial charge in [-0.2, -0.15) is 0 Å². The van der Waals surface area contributed by atoms with Crippen LogP contribution in [0.3, 0.4) is 0 Å². The standard InChI is InChI=1S/C9H17NO2/c1-4-8(9(10)11)12-6-5-7(2)3/h8H,2,4-6H2,1,3H3,(H2,10,11). The van der Waals surface area contributed by atoms with E-state index < -0.39 is 6.10 Å². The number of amides is 1. The van der Waals surface area contributed by atoms with Crippen molar-refractivity contribution in [2.24, 2.45) is 5.73 Å². The molecule has 0 saturated heterocycles. The molecule has 0 aromatic rings. The highest BCUT2D eigenvalue weighted by atomic mass is 16.5. The Morgan fingerprint density at radius 2 is 2.25 bits per heavy atom. The molecule has 0 fully saturated rings. The van der Waals surface area contributed by atoms with Crippen LogP contribution in [0.25, 0.3) is 0 Å². The monoisotopic (exact) mass is 171 g/mol. The molecule has 0 spiro atoms. The molecule has 0 radical (unpaired) electrons. The lowest BCUT2D eigenvalue weighted by Crippen LogP contribution is -2.30. The molecule has 0 aliphatic carbocycles. The Balaban J connectivity index is 3.59. The highest BCUT2D eigenvalue weighted by Gasteiger charge is 2.11. The fraction of sp³-hybridized carbons (Fsp3) is 0.667. The smallest absolute Gasteiger partial charge is 0.246 e. The van der Waals surface area contributed by atoms with Crippen LogP contribution in [-0.2, 0) is 9.53 Å². The lowest BCUT2D eigenvalue weighted by molar-refractivity contribution is -0.129. The number of carbonyl (C=O) groups excluding carboxylic acids is 1. The van der Waals surface area contributed by atoms with E-state index in [-0.39, 0.29) is 5.91 Å². The van der Waals surface area contributed by atoms with E-state index in [9.17, 15) is 4.79 Å². The van der Waals surface area contributed by atoms with Gasteiger partial charge in [0.2, 0.25) is 5.91 Å². The Morgan fingerprint density at radius 1 is 1.67 bits per heavy atom. The minimum absolute atomic E-state index is 0.390. The maximum Gasteiger partial charge on any atom is 0.246 e. The van der Waals surface area contributed by atoms with Crippen molar-refractivity contribution in [3.63, 3.8) is 0 Å². The maximum atomic E-state index is 10.7. The molecule has 12 heavy (non-hydrogen) atoms. The first-order valence-corrected chi connectivity index (χ1v) is 4.13. The van der Waals surface area contributed by atoms with Crippen molar-refractivity contribution in [1.29, 1.82) is 0 Å². The molecule has 2 N–H and O–H groups in total. The third-order valence-corrected chi connectivity index (χ3v) is 1.54. The van der Waals surface area contributed by atoms with Gasteiger partial charge in [-0.1, -0.05) is 12.5 Å². The SMILES string of the molecule is C=C(C)CCOC(CC)C(N)=O. The van der Waals surface area contributed by atoms with Crippen molar-refractivity contribution < 1.29 is 9.53 Å². The van der Waals surface area contributed by atoms with Gasteiger partial charge in [-0.15, -0.1) is 6.58 Å². The highest BCUT2D eigenvalue weighted by Crippen LogP contribution is 2.01. The lowest BCUT2D eigenvalue weighted by atomic mass is 10.2. The molecule has 0 saturated carbocycles. The number of hydrogen-bond donors (Lipinski definition) is 1. The number of primary amides is 1. The third-order valence-electron chi connectivity index (χ3n) is 1.54. The van der Waals surface area contributed by atoms with Crippen LogP contribution in [-0.4, -0.2) is 18.6 Å². The molecule has 0 heterocycles. The molecule has 3 heteroatoms. The van der Waals surface area contributed by atoms with Gasteiger partial charge in [-0.3, -0.25) is 4.79 Å². The molecule has 0 aromatic heterocycles. The van der Waals surface area contributed by atoms with Crippen LogP contribution in [0.2, 0.25) is 0 Å². The second-order valence-electron chi connectivity index (χ2n) is 2.88. The number of carbonyl (C=O) groups is 1. The fourth-order valence-electron chi connectivity index (χ4n) is 0.777. The predicted octanol–water partition coefficient (Wildman–Crippen LogP) is 1.23. The maximum absolute atomic E-state index is 10.7. The van der Waals surface area contributed by atoms with Gasteiger partial charge in [0.25, 0.3) is 0 Å². The zero-order valence-electron chi connectivity index (χ0n) is 7.80. The summed E-state index contributed by atoms with van der Waals surface area (Å²) < 4.78 is 5.23. The summed E-state index contributed by atoms with van der Waals surface area (Å²) >= 11 is 0. The number of hydrogen-bond acceptors (Lipinski definition) is 2. The number of nitrogens with two attached hydrogens (primary N) is 1. The summed E-state index contributed by atoms with van der Waals surface area (Å²) in [6.45, 7) is 8.05. The van der Waals surface area contributed by atoms with E-state index in [1.165, 1.54) is 0 Å². The fourth-order valence-corrected chi connectivity index (χ4v) is 0.777. The van der Waals surface area contributed by atoms with Crippen molar-refractivity contribution in [3.05, 3.63) is 12.2 Å². The second-order valence-corrected chi connectivity index (χ2v) is 2.88. The van der Waals surface area contributed by atoms with E-state index in [1.54, 1.807) is 0 Å². The van der Waals surface area contributed by atoms with Crippen LogP contribution in [0.15, 0.2) is 12.2 Å². The molecule has 0 bridgehead atoms. The average Bonchev–Trinajstić information content (AvgIpc) is 1.96. The normalized spacial score (nSPS) is 12.5. The topological polar surface area (TPSA) is 52.3 Å². The Kier molecular flexibility index (Phi) is 5.37. The average molecular weight is 171 g/mol. The zero-order chi connectivity index (χ0) is 9.56. The molecular formula is C9H17NO2. The minimum Gasteiger partial charge on any atom is -0.368 e. The van der Waals surface area contributed by atoms with E-state index >= 15 is 0 Å². The van der Waals surface area contributed by atoms with Crippen molar-refractivity contribution in [2.75, 3.05) is 6.61 Å². The van der Waals surface area contributed by atoms with Crippen molar-refractivity contribution >= 4 is 5.91 Å². The molecular weight excluding hydrogens is 154 g/mol. The highest BCUT2D eigenvalue weighted by molar-refractivity contribution is 5.78. The van der Waals surface area contributed by atoms with Crippen LogP contribution in [0, 0.1) is 0 Å². The first kappa shape index (κ1) is 11.2. The zero-order valence-corrected chi connectivity index (χ0v) is 7.80. The van der Waals surface area contributed by atoms with E-state index in [1.807, 2.05) is 13.8 Å². The van der Waals surface area contributed by atoms with Gasteiger partial charge < -0.3 is 10.5 Å². The van der Waals surface area contributed by atoms with Gasteiger partial charge in [0.15, 0.2) is 0 Å². The van der Waals surface area contributed by atoms with Crippen molar-refractivity contribution in [1.82, 2.24) is 0 Å². The number of ether oxygens (including phenoxy) is 1. The molecule has 3 nitrogen and oxygen atoms in total. The molecule has 1 atom stereocenters. The van der Waals surface area contributed by atoms with E-state index in [2.05, 4.69) is 6.58 Å². The number of rotatable bonds is 6. The quantitative estimate of drug-likeness (QED) is 0.611. The molecule has 0 aromatic carbocycles. The first-order chi connectivity index (χ1) is 5.57. The van der Waals surface area contributed by atoms with E-state index in [0.717, 1.165) is 12.0 Å². The van der Waals surface area contributed by atoms with E-state index in [4.69, 9.17) is 10.5 Å². The van der Waals surface area contributed by atoms with Gasteiger partial charge in [0.1, 0.15) is 6.10 Å². The van der Waals surface area contributed by atoms with Gasteiger partial charge in [0, 0.05) is 0 Å². The minimum atomic E-state index is -0.440. The van der Waals surface area contributed by atoms with Crippen molar-refractivity contribution in [2.45, 2.75) is 32.8 Å². The summed E-state index contributed by atoms with van der Waals surface area (Å²) in [6.07, 6.45) is 0.972. The van der Waals surface area contributed by atoms with Crippen LogP contribution in [0.1, 0.15) is 26.7 Å². The lowest BCUT2D eigenvalue weighted by Gasteiger charge is -2.11. The summed E-state index contributed by atoms with van der Waals surface area (Å²) in [4.78, 5) is 10.7. The molecule has 1 amide bonds. The third kappa shape index (κ3) is 4.91. The Bertz CT molecular complexity index is 166. The van der Waals surface area contributed by atoms with Gasteiger partial charge in [-0.05, 0) is 19.8 Å². The first-order valence-electron chi connectivity index (χ1n) is 4.13. The summed E-state index contributed by atoms with van der Waals surface area (Å²) in [6, 6.07) is 0. The van der Waals surface area contributed by atoms with Crippen LogP contribution < -0.4 is 5.73 Å². The molecule has 0 aliphatic heterocycles. The Hall–Kier alpha value is -0.830. The van der Waals surface area contributed by atoms with Gasteiger partial charge >= 0.3 is 0 Å². The molecule has 70 valence electrons. The molecule has 0 rings (SSSR count). The largest absolute Gasteiger partial charge is 0.368 e. The predicted molar refractivity (Wildman–Crippen MR) is 48.7 cm³/mol. The van der Waals surface area contributed by atoms with E-state index in [0.29, 0.717) is 13.0 Å². The van der Waals surface area contributed by atoms with Gasteiger partial charge in [-0.25, -0.2) is 0 Å². The summed E-state index contributed by atoms with van der Waals surface area (Å²) in [5, 5.41) is 0. The Labute approximate surface area is 73.6 Å². The van der Waals surface area contributed by atoms with Crippen LogP contribution in [0.5, 0.6) is 0 Å². The molecule has 1 unspecified atom stereocenters. The molecule has 0 aliphatic rings. The van der Waals surface area contributed by atoms with Crippen LogP contribution in [0.4, 0.5) is 0 Å².